The quantitative estimate of drug-likeness (QED) is 0.218. The van der Waals surface area contributed by atoms with Crippen molar-refractivity contribution in [3.8, 4) is 0 Å². The summed E-state index contributed by atoms with van der Waals surface area (Å²) < 4.78 is 43.1. The third kappa shape index (κ3) is 7.63. The average Bonchev–Trinajstić information content (AvgIpc) is 3.09. The van der Waals surface area contributed by atoms with E-state index in [9.17, 15) is 18.0 Å². The molecule has 5 aliphatic carbocycles. The number of carbonyl (C=O) groups excluding carboxylic acids is 2. The summed E-state index contributed by atoms with van der Waals surface area (Å²) in [4.78, 5) is 30.1. The number of amides is 2. The molecule has 3 aromatic carbocycles. The molecule has 3 aromatic rings. The summed E-state index contributed by atoms with van der Waals surface area (Å²) in [6.07, 6.45) is 13.8. The van der Waals surface area contributed by atoms with Crippen LogP contribution < -0.4 is 9.62 Å². The molecule has 5 saturated carbocycles. The molecule has 50 heavy (non-hydrogen) atoms. The van der Waals surface area contributed by atoms with Gasteiger partial charge in [-0.05, 0) is 104 Å². The lowest BCUT2D eigenvalue weighted by atomic mass is 9.48. The smallest absolute Gasteiger partial charge is 0.244 e. The van der Waals surface area contributed by atoms with Crippen LogP contribution in [-0.2, 0) is 38.0 Å². The van der Waals surface area contributed by atoms with Crippen LogP contribution in [0.1, 0.15) is 87.3 Å². The average molecular weight is 700 g/mol. The van der Waals surface area contributed by atoms with Gasteiger partial charge in [-0.3, -0.25) is 13.9 Å². The number of anilines is 1. The van der Waals surface area contributed by atoms with Crippen LogP contribution in [0.15, 0.2) is 78.9 Å². The van der Waals surface area contributed by atoms with Gasteiger partial charge in [0.05, 0.1) is 11.9 Å². The van der Waals surface area contributed by atoms with Gasteiger partial charge in [0.15, 0.2) is 0 Å². The van der Waals surface area contributed by atoms with E-state index in [1.807, 2.05) is 42.5 Å². The maximum Gasteiger partial charge on any atom is 0.244 e. The van der Waals surface area contributed by atoms with E-state index in [1.165, 1.54) is 55.1 Å². The molecule has 0 saturated heterocycles. The second kappa shape index (κ2) is 14.5. The van der Waals surface area contributed by atoms with Gasteiger partial charge in [0.2, 0.25) is 21.8 Å². The van der Waals surface area contributed by atoms with Gasteiger partial charge in [-0.2, -0.15) is 0 Å². The Labute approximate surface area is 296 Å². The van der Waals surface area contributed by atoms with Crippen LogP contribution in [0.2, 0.25) is 0 Å². The van der Waals surface area contributed by atoms with E-state index >= 15 is 4.39 Å². The van der Waals surface area contributed by atoms with E-state index < -0.39 is 34.3 Å². The van der Waals surface area contributed by atoms with Crippen LogP contribution in [-0.4, -0.2) is 50.0 Å². The Morgan fingerprint density at radius 3 is 2.04 bits per heavy atom. The van der Waals surface area contributed by atoms with Crippen molar-refractivity contribution >= 4 is 27.5 Å². The van der Waals surface area contributed by atoms with Gasteiger partial charge < -0.3 is 10.2 Å². The first kappa shape index (κ1) is 34.7. The highest BCUT2D eigenvalue weighted by Crippen LogP contribution is 2.60. The molecule has 0 heterocycles. The summed E-state index contributed by atoms with van der Waals surface area (Å²) in [5, 5.41) is 3.19. The van der Waals surface area contributed by atoms with Crippen LogP contribution in [0, 0.1) is 23.6 Å². The van der Waals surface area contributed by atoms with Crippen molar-refractivity contribution < 1.29 is 22.4 Å². The van der Waals surface area contributed by atoms with E-state index in [2.05, 4.69) is 17.4 Å². The van der Waals surface area contributed by atoms with E-state index in [0.29, 0.717) is 5.69 Å². The van der Waals surface area contributed by atoms with Gasteiger partial charge in [0.25, 0.3) is 0 Å². The molecular weight excluding hydrogens is 650 g/mol. The molecule has 1 N–H and O–H groups in total. The van der Waals surface area contributed by atoms with Gasteiger partial charge in [0, 0.05) is 24.6 Å². The van der Waals surface area contributed by atoms with Crippen molar-refractivity contribution in [3.63, 3.8) is 0 Å². The van der Waals surface area contributed by atoms with Gasteiger partial charge in [-0.1, -0.05) is 79.9 Å². The number of sulfonamides is 1. The number of rotatable bonds is 12. The first-order valence-corrected chi connectivity index (χ1v) is 20.4. The highest BCUT2D eigenvalue weighted by molar-refractivity contribution is 7.92. The molecule has 0 spiro atoms. The lowest BCUT2D eigenvalue weighted by Gasteiger charge is -2.57. The number of benzene rings is 3. The second-order valence-corrected chi connectivity index (χ2v) is 17.6. The SMILES string of the molecule is CS(=O)(=O)N(CC(=O)N(Cc1ccccc1F)[C@H](Cc1ccccc1)C(=O)NC1CCCCC1)c1ccc(C23CC4CC(CC(C4)C2)C3)cc1. The molecule has 0 aliphatic heterocycles. The third-order valence-corrected chi connectivity index (χ3v) is 13.1. The molecule has 0 aromatic heterocycles. The molecule has 9 heteroatoms. The van der Waals surface area contributed by atoms with Crippen LogP contribution in [0.4, 0.5) is 10.1 Å². The molecule has 7 nitrogen and oxygen atoms in total. The fourth-order valence-corrected chi connectivity index (χ4v) is 10.8. The Hall–Kier alpha value is -3.72. The Bertz CT molecular complexity index is 1740. The minimum atomic E-state index is -3.90. The highest BCUT2D eigenvalue weighted by atomic mass is 32.2. The van der Waals surface area contributed by atoms with Crippen molar-refractivity contribution in [2.24, 2.45) is 17.8 Å². The van der Waals surface area contributed by atoms with Crippen LogP contribution in [0.25, 0.3) is 0 Å². The zero-order valence-electron chi connectivity index (χ0n) is 29.1. The zero-order valence-corrected chi connectivity index (χ0v) is 29.9. The van der Waals surface area contributed by atoms with Gasteiger partial charge in [0.1, 0.15) is 18.4 Å². The van der Waals surface area contributed by atoms with Gasteiger partial charge in [-0.25, -0.2) is 12.8 Å². The van der Waals surface area contributed by atoms with E-state index in [-0.39, 0.29) is 35.9 Å². The third-order valence-electron chi connectivity index (χ3n) is 12.0. The van der Waals surface area contributed by atoms with Crippen molar-refractivity contribution in [2.45, 2.75) is 101 Å². The van der Waals surface area contributed by atoms with E-state index in [4.69, 9.17) is 0 Å². The fourth-order valence-electron chi connectivity index (χ4n) is 9.97. The number of halogens is 1. The molecule has 0 radical (unpaired) electrons. The van der Waals surface area contributed by atoms with Crippen LogP contribution in [0.3, 0.4) is 0 Å². The first-order valence-electron chi connectivity index (χ1n) is 18.5. The largest absolute Gasteiger partial charge is 0.352 e. The monoisotopic (exact) mass is 699 g/mol. The van der Waals surface area contributed by atoms with Gasteiger partial charge in [-0.15, -0.1) is 0 Å². The Morgan fingerprint density at radius 1 is 0.840 bits per heavy atom. The Morgan fingerprint density at radius 2 is 1.44 bits per heavy atom. The van der Waals surface area contributed by atoms with Crippen molar-refractivity contribution in [1.29, 1.82) is 0 Å². The second-order valence-electron chi connectivity index (χ2n) is 15.7. The molecule has 8 rings (SSSR count). The number of nitrogens with one attached hydrogen (secondary N) is 1. The summed E-state index contributed by atoms with van der Waals surface area (Å²) in [6, 6.07) is 22.5. The normalized spacial score (nSPS) is 25.2. The minimum absolute atomic E-state index is 0.0000540. The number of hydrogen-bond acceptors (Lipinski definition) is 4. The topological polar surface area (TPSA) is 86.8 Å². The van der Waals surface area contributed by atoms with Crippen LogP contribution in [0.5, 0.6) is 0 Å². The molecule has 4 bridgehead atoms. The molecule has 5 fully saturated rings. The maximum absolute atomic E-state index is 15.2. The summed E-state index contributed by atoms with van der Waals surface area (Å²) in [7, 11) is -3.90. The minimum Gasteiger partial charge on any atom is -0.352 e. The predicted molar refractivity (Wildman–Crippen MR) is 194 cm³/mol. The molecule has 1 atom stereocenters. The fraction of sp³-hybridized carbons (Fsp3) is 0.512. The Kier molecular flexibility index (Phi) is 10.1. The van der Waals surface area contributed by atoms with Crippen molar-refractivity contribution in [1.82, 2.24) is 10.2 Å². The maximum atomic E-state index is 15.2. The molecular formula is C41H50FN3O4S. The molecule has 5 aliphatic rings. The lowest BCUT2D eigenvalue weighted by molar-refractivity contribution is -0.140. The predicted octanol–water partition coefficient (Wildman–Crippen LogP) is 7.15. The molecule has 0 unspecified atom stereocenters. The number of nitrogens with zero attached hydrogens (tertiary/aromatic N) is 2. The number of carbonyl (C=O) groups is 2. The summed E-state index contributed by atoms with van der Waals surface area (Å²) in [6.45, 7) is -0.685. The van der Waals surface area contributed by atoms with E-state index in [1.54, 1.807) is 18.2 Å². The standard InChI is InChI=1S/C41H50FN3O4S/c1-50(48,49)45(36-18-16-34(17-19-36)41-24-30-20-31(25-41)22-32(21-30)26-41)28-39(46)44(27-33-12-8-9-15-37(33)42)38(23-29-10-4-2-5-11-29)40(47)43-35-13-6-3-7-14-35/h2,4-5,8-12,15-19,30-32,35,38H,3,6-7,13-14,20-28H2,1H3,(H,43,47)/t30?,31?,32?,38-,41?/m1/s1. The van der Waals surface area contributed by atoms with E-state index in [0.717, 1.165) is 66.0 Å². The van der Waals surface area contributed by atoms with Crippen molar-refractivity contribution in [2.75, 3.05) is 17.1 Å². The number of hydrogen-bond donors (Lipinski definition) is 1. The molecule has 266 valence electrons. The summed E-state index contributed by atoms with van der Waals surface area (Å²) in [5.41, 5.74) is 2.94. The van der Waals surface area contributed by atoms with Crippen molar-refractivity contribution in [3.05, 3.63) is 101 Å². The molecule has 2 amide bonds. The first-order chi connectivity index (χ1) is 24.1. The Balaban J connectivity index is 1.19. The highest BCUT2D eigenvalue weighted by Gasteiger charge is 2.51. The zero-order chi connectivity index (χ0) is 34.9. The summed E-state index contributed by atoms with van der Waals surface area (Å²) >= 11 is 0. The van der Waals surface area contributed by atoms with Gasteiger partial charge >= 0.3 is 0 Å². The summed E-state index contributed by atoms with van der Waals surface area (Å²) in [5.74, 6) is 0.985. The lowest BCUT2D eigenvalue weighted by Crippen LogP contribution is -2.55. The van der Waals surface area contributed by atoms with Crippen LogP contribution >= 0.6 is 0 Å².